The van der Waals surface area contributed by atoms with Crippen molar-refractivity contribution in [1.82, 2.24) is 10.2 Å². The number of nitrogens with one attached hydrogen (secondary N) is 1. The normalized spacial score (nSPS) is 22.2. The molecule has 1 fully saturated rings. The molecule has 1 atom stereocenters. The first-order valence-electron chi connectivity index (χ1n) is 7.52. The monoisotopic (exact) mass is 240 g/mol. The largest absolute Gasteiger partial charge is 0.311 e. The average Bonchev–Trinajstić information content (AvgIpc) is 2.68. The molecule has 1 rings (SSSR count). The summed E-state index contributed by atoms with van der Waals surface area (Å²) in [4.78, 5) is 2.70. The van der Waals surface area contributed by atoms with Crippen molar-refractivity contribution in [2.45, 2.75) is 77.8 Å². The van der Waals surface area contributed by atoms with Gasteiger partial charge in [0.15, 0.2) is 0 Å². The molecule has 1 aliphatic heterocycles. The van der Waals surface area contributed by atoms with Crippen molar-refractivity contribution in [2.75, 3.05) is 19.6 Å². The summed E-state index contributed by atoms with van der Waals surface area (Å²) < 4.78 is 0. The Labute approximate surface area is 108 Å². The highest BCUT2D eigenvalue weighted by Gasteiger charge is 2.24. The van der Waals surface area contributed by atoms with Gasteiger partial charge < -0.3 is 5.32 Å². The van der Waals surface area contributed by atoms with Gasteiger partial charge in [-0.1, -0.05) is 26.2 Å². The molecule has 0 amide bonds. The summed E-state index contributed by atoms with van der Waals surface area (Å²) in [6.45, 7) is 12.9. The molecule has 2 nitrogen and oxygen atoms in total. The smallest absolute Gasteiger partial charge is 0.0221 e. The number of likely N-dealkylation sites (tertiary alicyclic amines) is 1. The third kappa shape index (κ3) is 6.42. The molecule has 0 saturated carbocycles. The minimum Gasteiger partial charge on any atom is -0.311 e. The molecule has 0 aromatic rings. The highest BCUT2D eigenvalue weighted by Crippen LogP contribution is 2.18. The second kappa shape index (κ2) is 7.38. The third-order valence-electron chi connectivity index (χ3n) is 3.67. The van der Waals surface area contributed by atoms with E-state index in [4.69, 9.17) is 0 Å². The summed E-state index contributed by atoms with van der Waals surface area (Å²) in [5.41, 5.74) is 0.260. The SMILES string of the molecule is CCCCCCN1CCCC1CNC(C)(C)C. The molecule has 17 heavy (non-hydrogen) atoms. The lowest BCUT2D eigenvalue weighted by atomic mass is 10.1. The summed E-state index contributed by atoms with van der Waals surface area (Å²) in [5.74, 6) is 0. The van der Waals surface area contributed by atoms with Gasteiger partial charge in [0.25, 0.3) is 0 Å². The average molecular weight is 240 g/mol. The van der Waals surface area contributed by atoms with Crippen LogP contribution in [0.4, 0.5) is 0 Å². The van der Waals surface area contributed by atoms with Gasteiger partial charge in [-0.15, -0.1) is 0 Å². The van der Waals surface area contributed by atoms with Gasteiger partial charge in [-0.3, -0.25) is 4.90 Å². The van der Waals surface area contributed by atoms with Crippen LogP contribution in [-0.2, 0) is 0 Å². The van der Waals surface area contributed by atoms with Crippen molar-refractivity contribution < 1.29 is 0 Å². The van der Waals surface area contributed by atoms with Crippen LogP contribution in [0.5, 0.6) is 0 Å². The molecule has 1 N–H and O–H groups in total. The van der Waals surface area contributed by atoms with E-state index in [9.17, 15) is 0 Å². The van der Waals surface area contributed by atoms with E-state index < -0.39 is 0 Å². The zero-order valence-electron chi connectivity index (χ0n) is 12.4. The van der Waals surface area contributed by atoms with E-state index in [0.717, 1.165) is 12.6 Å². The van der Waals surface area contributed by atoms with Crippen molar-refractivity contribution in [3.63, 3.8) is 0 Å². The maximum atomic E-state index is 3.65. The van der Waals surface area contributed by atoms with Gasteiger partial charge >= 0.3 is 0 Å². The predicted octanol–water partition coefficient (Wildman–Crippen LogP) is 3.42. The van der Waals surface area contributed by atoms with Gasteiger partial charge in [-0.05, 0) is 53.1 Å². The fourth-order valence-electron chi connectivity index (χ4n) is 2.59. The van der Waals surface area contributed by atoms with Crippen molar-refractivity contribution >= 4 is 0 Å². The lowest BCUT2D eigenvalue weighted by Gasteiger charge is -2.29. The molecular weight excluding hydrogens is 208 g/mol. The number of hydrogen-bond acceptors (Lipinski definition) is 2. The Hall–Kier alpha value is -0.0800. The van der Waals surface area contributed by atoms with E-state index in [1.54, 1.807) is 0 Å². The van der Waals surface area contributed by atoms with E-state index in [0.29, 0.717) is 0 Å². The predicted molar refractivity (Wildman–Crippen MR) is 76.5 cm³/mol. The summed E-state index contributed by atoms with van der Waals surface area (Å²) in [7, 11) is 0. The fourth-order valence-corrected chi connectivity index (χ4v) is 2.59. The molecule has 102 valence electrons. The molecule has 0 aliphatic carbocycles. The molecule has 2 heteroatoms. The van der Waals surface area contributed by atoms with Crippen LogP contribution in [0.15, 0.2) is 0 Å². The van der Waals surface area contributed by atoms with Crippen molar-refractivity contribution in [3.8, 4) is 0 Å². The summed E-state index contributed by atoms with van der Waals surface area (Å²) in [6.07, 6.45) is 8.32. The Kier molecular flexibility index (Phi) is 6.50. The first kappa shape index (κ1) is 15.0. The molecule has 0 aromatic carbocycles. The molecule has 1 unspecified atom stereocenters. The summed E-state index contributed by atoms with van der Waals surface area (Å²) in [5, 5.41) is 3.65. The van der Waals surface area contributed by atoms with Gasteiger partial charge in [-0.25, -0.2) is 0 Å². The van der Waals surface area contributed by atoms with Gasteiger partial charge in [0.2, 0.25) is 0 Å². The van der Waals surface area contributed by atoms with Crippen LogP contribution in [0, 0.1) is 0 Å². The van der Waals surface area contributed by atoms with Crippen LogP contribution in [-0.4, -0.2) is 36.1 Å². The molecule has 0 aromatic heterocycles. The van der Waals surface area contributed by atoms with Gasteiger partial charge in [0.05, 0.1) is 0 Å². The van der Waals surface area contributed by atoms with Crippen molar-refractivity contribution in [3.05, 3.63) is 0 Å². The van der Waals surface area contributed by atoms with Crippen LogP contribution in [0.25, 0.3) is 0 Å². The Morgan fingerprint density at radius 1 is 1.18 bits per heavy atom. The van der Waals surface area contributed by atoms with Gasteiger partial charge in [0, 0.05) is 18.1 Å². The Morgan fingerprint density at radius 3 is 2.59 bits per heavy atom. The van der Waals surface area contributed by atoms with E-state index >= 15 is 0 Å². The Bertz CT molecular complexity index is 196. The maximum Gasteiger partial charge on any atom is 0.0221 e. The first-order valence-corrected chi connectivity index (χ1v) is 7.52. The van der Waals surface area contributed by atoms with Crippen LogP contribution < -0.4 is 5.32 Å². The number of nitrogens with zero attached hydrogens (tertiary/aromatic N) is 1. The fraction of sp³-hybridized carbons (Fsp3) is 1.00. The maximum absolute atomic E-state index is 3.65. The van der Waals surface area contributed by atoms with Gasteiger partial charge in [-0.2, -0.15) is 0 Å². The number of unbranched alkanes of at least 4 members (excludes halogenated alkanes) is 3. The van der Waals surface area contributed by atoms with E-state index in [-0.39, 0.29) is 5.54 Å². The van der Waals surface area contributed by atoms with Crippen LogP contribution in [0.2, 0.25) is 0 Å². The number of hydrogen-bond donors (Lipinski definition) is 1. The molecule has 0 bridgehead atoms. The van der Waals surface area contributed by atoms with Crippen molar-refractivity contribution in [2.24, 2.45) is 0 Å². The minimum atomic E-state index is 0.260. The zero-order valence-corrected chi connectivity index (χ0v) is 12.4. The standard InChI is InChI=1S/C15H32N2/c1-5-6-7-8-11-17-12-9-10-14(17)13-16-15(2,3)4/h14,16H,5-13H2,1-4H3. The minimum absolute atomic E-state index is 0.260. The highest BCUT2D eigenvalue weighted by atomic mass is 15.2. The van der Waals surface area contributed by atoms with Crippen LogP contribution in [0.3, 0.4) is 0 Å². The molecular formula is C15H32N2. The second-order valence-corrected chi connectivity index (χ2v) is 6.52. The van der Waals surface area contributed by atoms with E-state index in [2.05, 4.69) is 37.9 Å². The van der Waals surface area contributed by atoms with Crippen LogP contribution in [0.1, 0.15) is 66.2 Å². The lowest BCUT2D eigenvalue weighted by molar-refractivity contribution is 0.229. The molecule has 1 saturated heterocycles. The Morgan fingerprint density at radius 2 is 1.94 bits per heavy atom. The van der Waals surface area contributed by atoms with E-state index in [1.165, 1.54) is 51.6 Å². The van der Waals surface area contributed by atoms with Gasteiger partial charge in [0.1, 0.15) is 0 Å². The molecule has 1 aliphatic rings. The lowest BCUT2D eigenvalue weighted by Crippen LogP contribution is -2.45. The number of rotatable bonds is 7. The van der Waals surface area contributed by atoms with Crippen molar-refractivity contribution in [1.29, 1.82) is 0 Å². The van der Waals surface area contributed by atoms with Crippen LogP contribution >= 0.6 is 0 Å². The summed E-state index contributed by atoms with van der Waals surface area (Å²) in [6, 6.07) is 0.788. The molecule has 0 radical (unpaired) electrons. The zero-order chi connectivity index (χ0) is 12.7. The second-order valence-electron chi connectivity index (χ2n) is 6.52. The Balaban J connectivity index is 2.19. The highest BCUT2D eigenvalue weighted by molar-refractivity contribution is 4.83. The van der Waals surface area contributed by atoms with E-state index in [1.807, 2.05) is 0 Å². The summed E-state index contributed by atoms with van der Waals surface area (Å²) >= 11 is 0. The first-order chi connectivity index (χ1) is 8.03. The topological polar surface area (TPSA) is 15.3 Å². The quantitative estimate of drug-likeness (QED) is 0.686. The molecule has 1 heterocycles. The third-order valence-corrected chi connectivity index (χ3v) is 3.67. The molecule has 0 spiro atoms.